The van der Waals surface area contributed by atoms with Crippen molar-refractivity contribution in [1.29, 1.82) is 0 Å². The summed E-state index contributed by atoms with van der Waals surface area (Å²) in [7, 11) is -3.05. The zero-order valence-electron chi connectivity index (χ0n) is 13.0. The SMILES string of the molecule is CCNC(=NCC1CCN(S(C)(=O)=O)C1)NC(C)CC. The van der Waals surface area contributed by atoms with Gasteiger partial charge in [-0.15, -0.1) is 0 Å². The number of aliphatic imine (C=N–C) groups is 1. The van der Waals surface area contributed by atoms with Crippen LogP contribution in [0.5, 0.6) is 0 Å². The maximum atomic E-state index is 11.5. The first-order chi connectivity index (χ1) is 9.36. The van der Waals surface area contributed by atoms with E-state index in [0.29, 0.717) is 31.6 Å². The van der Waals surface area contributed by atoms with Crippen molar-refractivity contribution >= 4 is 16.0 Å². The Labute approximate surface area is 123 Å². The molecule has 2 atom stereocenters. The lowest BCUT2D eigenvalue weighted by Crippen LogP contribution is -2.42. The minimum absolute atomic E-state index is 0.317. The van der Waals surface area contributed by atoms with Crippen LogP contribution in [0.25, 0.3) is 0 Å². The van der Waals surface area contributed by atoms with Crippen LogP contribution in [0.2, 0.25) is 0 Å². The fourth-order valence-corrected chi connectivity index (χ4v) is 3.04. The maximum Gasteiger partial charge on any atom is 0.211 e. The van der Waals surface area contributed by atoms with Gasteiger partial charge in [0.05, 0.1) is 6.26 Å². The summed E-state index contributed by atoms with van der Waals surface area (Å²) in [5.41, 5.74) is 0. The summed E-state index contributed by atoms with van der Waals surface area (Å²) < 4.78 is 24.5. The summed E-state index contributed by atoms with van der Waals surface area (Å²) in [6.07, 6.45) is 3.20. The fourth-order valence-electron chi connectivity index (χ4n) is 2.12. The predicted molar refractivity (Wildman–Crippen MR) is 83.4 cm³/mol. The second-order valence-electron chi connectivity index (χ2n) is 5.45. The Morgan fingerprint density at radius 2 is 2.15 bits per heavy atom. The summed E-state index contributed by atoms with van der Waals surface area (Å²) in [6, 6.07) is 0.379. The zero-order chi connectivity index (χ0) is 15.2. The van der Waals surface area contributed by atoms with Gasteiger partial charge in [0, 0.05) is 32.2 Å². The first-order valence-corrected chi connectivity index (χ1v) is 9.21. The number of rotatable bonds is 6. The molecule has 118 valence electrons. The molecule has 6 nitrogen and oxygen atoms in total. The van der Waals surface area contributed by atoms with Crippen LogP contribution in [-0.2, 0) is 10.0 Å². The molecular formula is C13H28N4O2S. The molecule has 0 saturated carbocycles. The average molecular weight is 304 g/mol. The second kappa shape index (κ2) is 7.83. The molecular weight excluding hydrogens is 276 g/mol. The molecule has 1 heterocycles. The van der Waals surface area contributed by atoms with Gasteiger partial charge in [0.25, 0.3) is 0 Å². The first kappa shape index (κ1) is 17.2. The van der Waals surface area contributed by atoms with Gasteiger partial charge < -0.3 is 10.6 Å². The van der Waals surface area contributed by atoms with Gasteiger partial charge in [-0.05, 0) is 32.6 Å². The van der Waals surface area contributed by atoms with Crippen LogP contribution < -0.4 is 10.6 Å². The summed E-state index contributed by atoms with van der Waals surface area (Å²) >= 11 is 0. The molecule has 0 aliphatic carbocycles. The smallest absolute Gasteiger partial charge is 0.211 e. The lowest BCUT2D eigenvalue weighted by atomic mass is 10.1. The lowest BCUT2D eigenvalue weighted by molar-refractivity contribution is 0.463. The third-order valence-electron chi connectivity index (χ3n) is 3.56. The quantitative estimate of drug-likeness (QED) is 0.557. The summed E-state index contributed by atoms with van der Waals surface area (Å²) in [5, 5.41) is 6.56. The van der Waals surface area contributed by atoms with E-state index in [4.69, 9.17) is 0 Å². The van der Waals surface area contributed by atoms with Gasteiger partial charge in [-0.3, -0.25) is 4.99 Å². The molecule has 1 saturated heterocycles. The van der Waals surface area contributed by atoms with E-state index in [0.717, 1.165) is 25.3 Å². The van der Waals surface area contributed by atoms with Crippen molar-refractivity contribution in [2.24, 2.45) is 10.9 Å². The number of guanidine groups is 1. The highest BCUT2D eigenvalue weighted by Crippen LogP contribution is 2.18. The highest BCUT2D eigenvalue weighted by atomic mass is 32.2. The number of nitrogens with one attached hydrogen (secondary N) is 2. The van der Waals surface area contributed by atoms with E-state index in [1.807, 2.05) is 6.92 Å². The van der Waals surface area contributed by atoms with E-state index in [1.165, 1.54) is 6.26 Å². The number of sulfonamides is 1. The zero-order valence-corrected chi connectivity index (χ0v) is 13.8. The van der Waals surface area contributed by atoms with Crippen LogP contribution in [0.3, 0.4) is 0 Å². The molecule has 2 N–H and O–H groups in total. The Hall–Kier alpha value is -0.820. The molecule has 7 heteroatoms. The van der Waals surface area contributed by atoms with E-state index >= 15 is 0 Å². The molecule has 0 amide bonds. The van der Waals surface area contributed by atoms with Crippen LogP contribution in [-0.4, -0.2) is 57.2 Å². The fraction of sp³-hybridized carbons (Fsp3) is 0.923. The largest absolute Gasteiger partial charge is 0.357 e. The first-order valence-electron chi connectivity index (χ1n) is 7.36. The van der Waals surface area contributed by atoms with Crippen LogP contribution in [0.4, 0.5) is 0 Å². The minimum Gasteiger partial charge on any atom is -0.357 e. The highest BCUT2D eigenvalue weighted by molar-refractivity contribution is 7.88. The van der Waals surface area contributed by atoms with Crippen LogP contribution in [0.1, 0.15) is 33.6 Å². The van der Waals surface area contributed by atoms with Gasteiger partial charge >= 0.3 is 0 Å². The van der Waals surface area contributed by atoms with E-state index in [2.05, 4.69) is 29.5 Å². The Morgan fingerprint density at radius 1 is 1.45 bits per heavy atom. The van der Waals surface area contributed by atoms with E-state index < -0.39 is 10.0 Å². The van der Waals surface area contributed by atoms with E-state index in [9.17, 15) is 8.42 Å². The van der Waals surface area contributed by atoms with Crippen LogP contribution >= 0.6 is 0 Å². The molecule has 0 spiro atoms. The lowest BCUT2D eigenvalue weighted by Gasteiger charge is -2.17. The van der Waals surface area contributed by atoms with Crippen LogP contribution in [0.15, 0.2) is 4.99 Å². The summed E-state index contributed by atoms with van der Waals surface area (Å²) in [6.45, 7) is 8.98. The van der Waals surface area contributed by atoms with Gasteiger partial charge in [-0.25, -0.2) is 12.7 Å². The van der Waals surface area contributed by atoms with Crippen molar-refractivity contribution in [3.8, 4) is 0 Å². The van der Waals surface area contributed by atoms with E-state index in [1.54, 1.807) is 4.31 Å². The minimum atomic E-state index is -3.05. The normalized spacial score (nSPS) is 22.8. The van der Waals surface area contributed by atoms with Crippen molar-refractivity contribution in [2.45, 2.75) is 39.7 Å². The van der Waals surface area contributed by atoms with Gasteiger partial charge in [0.2, 0.25) is 10.0 Å². The third kappa shape index (κ3) is 5.66. The standard InChI is InChI=1S/C13H28N4O2S/c1-5-11(3)16-13(14-6-2)15-9-12-7-8-17(10-12)20(4,18)19/h11-12H,5-10H2,1-4H3,(H2,14,15,16). The molecule has 1 aliphatic rings. The highest BCUT2D eigenvalue weighted by Gasteiger charge is 2.28. The van der Waals surface area contributed by atoms with E-state index in [-0.39, 0.29) is 0 Å². The van der Waals surface area contributed by atoms with Crippen molar-refractivity contribution in [2.75, 3.05) is 32.4 Å². The molecule has 0 bridgehead atoms. The summed E-state index contributed by atoms with van der Waals surface area (Å²) in [5.74, 6) is 1.14. The van der Waals surface area contributed by atoms with Gasteiger partial charge in [0.1, 0.15) is 0 Å². The van der Waals surface area contributed by atoms with Crippen molar-refractivity contribution < 1.29 is 8.42 Å². The topological polar surface area (TPSA) is 73.8 Å². The molecule has 0 radical (unpaired) electrons. The predicted octanol–water partition coefficient (Wildman–Crippen LogP) is 0.622. The molecule has 1 fully saturated rings. The molecule has 0 aromatic heterocycles. The Morgan fingerprint density at radius 3 is 2.65 bits per heavy atom. The maximum absolute atomic E-state index is 11.5. The molecule has 2 unspecified atom stereocenters. The van der Waals surface area contributed by atoms with Crippen molar-refractivity contribution in [3.63, 3.8) is 0 Å². The van der Waals surface area contributed by atoms with Crippen LogP contribution in [0, 0.1) is 5.92 Å². The van der Waals surface area contributed by atoms with Gasteiger partial charge in [-0.1, -0.05) is 6.92 Å². The van der Waals surface area contributed by atoms with Crippen molar-refractivity contribution in [1.82, 2.24) is 14.9 Å². The monoisotopic (exact) mass is 304 g/mol. The summed E-state index contributed by atoms with van der Waals surface area (Å²) in [4.78, 5) is 4.57. The van der Waals surface area contributed by atoms with Gasteiger partial charge in [0.15, 0.2) is 5.96 Å². The Bertz CT molecular complexity index is 422. The molecule has 0 aromatic carbocycles. The number of nitrogens with zero attached hydrogens (tertiary/aromatic N) is 2. The number of hydrogen-bond acceptors (Lipinski definition) is 3. The van der Waals surface area contributed by atoms with Crippen molar-refractivity contribution in [3.05, 3.63) is 0 Å². The van der Waals surface area contributed by atoms with Gasteiger partial charge in [-0.2, -0.15) is 0 Å². The molecule has 0 aromatic rings. The number of hydrogen-bond donors (Lipinski definition) is 2. The second-order valence-corrected chi connectivity index (χ2v) is 7.43. The molecule has 20 heavy (non-hydrogen) atoms. The average Bonchev–Trinajstić information content (AvgIpc) is 2.84. The molecule has 1 rings (SSSR count). The third-order valence-corrected chi connectivity index (χ3v) is 4.83. The Balaban J connectivity index is 2.52. The Kier molecular flexibility index (Phi) is 6.75. The molecule has 1 aliphatic heterocycles.